The van der Waals surface area contributed by atoms with Crippen molar-refractivity contribution in [2.75, 3.05) is 11.1 Å². The summed E-state index contributed by atoms with van der Waals surface area (Å²) in [7, 11) is -3.82. The number of hydrogen-bond acceptors (Lipinski definition) is 4. The first kappa shape index (κ1) is 20.9. The summed E-state index contributed by atoms with van der Waals surface area (Å²) in [5.41, 5.74) is -2.63. The maximum Gasteiger partial charge on any atom is 0.416 e. The summed E-state index contributed by atoms with van der Waals surface area (Å²) >= 11 is 0. The van der Waals surface area contributed by atoms with Gasteiger partial charge in [-0.1, -0.05) is 30.3 Å². The largest absolute Gasteiger partial charge is 0.416 e. The molecule has 0 aliphatic heterocycles. The van der Waals surface area contributed by atoms with Crippen LogP contribution in [0.15, 0.2) is 54.6 Å². The smallest absolute Gasteiger partial charge is 0.379 e. The molecule has 0 aromatic heterocycles. The van der Waals surface area contributed by atoms with E-state index in [0.29, 0.717) is 5.56 Å². The van der Waals surface area contributed by atoms with Crippen LogP contribution in [0.2, 0.25) is 0 Å². The van der Waals surface area contributed by atoms with Crippen molar-refractivity contribution in [2.45, 2.75) is 24.5 Å². The fourth-order valence-electron chi connectivity index (χ4n) is 2.38. The molecule has 0 radical (unpaired) electrons. The summed E-state index contributed by atoms with van der Waals surface area (Å²) in [6, 6.07) is 11.9. The lowest BCUT2D eigenvalue weighted by Crippen LogP contribution is -2.46. The molecule has 9 heteroatoms. The second kappa shape index (κ2) is 7.69. The van der Waals surface area contributed by atoms with Crippen LogP contribution in [0.4, 0.5) is 18.9 Å². The van der Waals surface area contributed by atoms with Crippen molar-refractivity contribution in [2.24, 2.45) is 0 Å². The Labute approximate surface area is 154 Å². The number of halogens is 3. The molecule has 0 heterocycles. The van der Waals surface area contributed by atoms with Gasteiger partial charge in [-0.05, 0) is 36.8 Å². The summed E-state index contributed by atoms with van der Waals surface area (Å²) in [6.07, 6.45) is -4.51. The van der Waals surface area contributed by atoms with E-state index in [1.165, 1.54) is 0 Å². The average Bonchev–Trinajstić information content (AvgIpc) is 2.54. The number of amides is 1. The van der Waals surface area contributed by atoms with E-state index in [9.17, 15) is 31.5 Å². The fourth-order valence-corrected chi connectivity index (χ4v) is 4.17. The third kappa shape index (κ3) is 6.07. The number of rotatable bonds is 6. The van der Waals surface area contributed by atoms with E-state index in [2.05, 4.69) is 5.32 Å². The number of benzene rings is 2. The maximum absolute atomic E-state index is 12.5. The van der Waals surface area contributed by atoms with Gasteiger partial charge in [-0.25, -0.2) is 8.42 Å². The van der Waals surface area contributed by atoms with Crippen molar-refractivity contribution in [3.05, 3.63) is 65.7 Å². The molecule has 27 heavy (non-hydrogen) atoms. The highest BCUT2D eigenvalue weighted by Crippen LogP contribution is 2.30. The molecule has 146 valence electrons. The lowest BCUT2D eigenvalue weighted by atomic mass is 10.1. The number of carbonyl (C=O) groups excluding carboxylic acids is 1. The summed E-state index contributed by atoms with van der Waals surface area (Å²) in [5.74, 6) is -2.21. The van der Waals surface area contributed by atoms with Gasteiger partial charge in [0.1, 0.15) is 0 Å². The maximum atomic E-state index is 12.5. The van der Waals surface area contributed by atoms with Gasteiger partial charge in [-0.3, -0.25) is 4.79 Å². The normalized spacial score (nSPS) is 14.4. The van der Waals surface area contributed by atoms with Crippen LogP contribution in [0.3, 0.4) is 0 Å². The predicted molar refractivity (Wildman–Crippen MR) is 94.6 cm³/mol. The second-order valence-corrected chi connectivity index (χ2v) is 8.39. The van der Waals surface area contributed by atoms with E-state index >= 15 is 0 Å². The molecule has 2 rings (SSSR count). The molecular formula is C18H18F3NO4S. The Morgan fingerprint density at radius 3 is 2.11 bits per heavy atom. The number of hydrogen-bond donors (Lipinski definition) is 2. The second-order valence-electron chi connectivity index (χ2n) is 6.32. The Morgan fingerprint density at radius 1 is 1.04 bits per heavy atom. The third-order valence-electron chi connectivity index (χ3n) is 3.69. The molecule has 5 nitrogen and oxygen atoms in total. The lowest BCUT2D eigenvalue weighted by Gasteiger charge is -2.22. The Balaban J connectivity index is 2.06. The van der Waals surface area contributed by atoms with E-state index < -0.39 is 38.8 Å². The highest BCUT2D eigenvalue weighted by Gasteiger charge is 2.36. The molecule has 1 amide bonds. The molecule has 0 bridgehead atoms. The van der Waals surface area contributed by atoms with Crippen LogP contribution in [0.25, 0.3) is 0 Å². The molecule has 2 aromatic rings. The van der Waals surface area contributed by atoms with Crippen LogP contribution in [0.1, 0.15) is 18.1 Å². The molecule has 0 saturated carbocycles. The van der Waals surface area contributed by atoms with Crippen LogP contribution in [0, 0.1) is 0 Å². The summed E-state index contributed by atoms with van der Waals surface area (Å²) in [4.78, 5) is 12.2. The number of anilines is 1. The Morgan fingerprint density at radius 2 is 1.59 bits per heavy atom. The first-order valence-electron chi connectivity index (χ1n) is 7.84. The zero-order chi connectivity index (χ0) is 20.3. The van der Waals surface area contributed by atoms with Crippen molar-refractivity contribution in [3.63, 3.8) is 0 Å². The van der Waals surface area contributed by atoms with E-state index in [1.54, 1.807) is 30.3 Å². The van der Waals surface area contributed by atoms with Gasteiger partial charge in [0, 0.05) is 5.69 Å². The van der Waals surface area contributed by atoms with Crippen molar-refractivity contribution >= 4 is 21.4 Å². The first-order valence-corrected chi connectivity index (χ1v) is 9.67. The van der Waals surface area contributed by atoms with Crippen LogP contribution in [0.5, 0.6) is 0 Å². The SMILES string of the molecule is C[C@@](O)(CS(=O)(=O)Cc1ccccc1)C(=O)Nc1ccc(C(F)(F)F)cc1. The van der Waals surface area contributed by atoms with E-state index in [0.717, 1.165) is 31.2 Å². The standard InChI is InChI=1S/C18H18F3NO4S/c1-17(24,12-27(25,26)11-13-5-3-2-4-6-13)16(23)22-15-9-7-14(8-10-15)18(19,20)21/h2-10,24H,11-12H2,1H3,(H,22,23)/t17-/m1/s1. The minimum Gasteiger partial charge on any atom is -0.379 e. The van der Waals surface area contributed by atoms with Crippen LogP contribution in [-0.4, -0.2) is 30.8 Å². The number of carbonyl (C=O) groups is 1. The Hall–Kier alpha value is -2.39. The van der Waals surface area contributed by atoms with Crippen LogP contribution >= 0.6 is 0 Å². The number of alkyl halides is 3. The Kier molecular flexibility index (Phi) is 5.96. The summed E-state index contributed by atoms with van der Waals surface area (Å²) < 4.78 is 62.2. The zero-order valence-corrected chi connectivity index (χ0v) is 15.1. The highest BCUT2D eigenvalue weighted by atomic mass is 32.2. The summed E-state index contributed by atoms with van der Waals surface area (Å²) in [6.45, 7) is 1.04. The van der Waals surface area contributed by atoms with Gasteiger partial charge >= 0.3 is 6.18 Å². The monoisotopic (exact) mass is 401 g/mol. The molecule has 0 spiro atoms. The third-order valence-corrected chi connectivity index (χ3v) is 5.46. The van der Waals surface area contributed by atoms with Gasteiger partial charge in [0.15, 0.2) is 15.4 Å². The molecule has 0 fully saturated rings. The van der Waals surface area contributed by atoms with E-state index in [-0.39, 0.29) is 11.4 Å². The minimum atomic E-state index is -4.51. The predicted octanol–water partition coefficient (Wildman–Crippen LogP) is 3.01. The van der Waals surface area contributed by atoms with Gasteiger partial charge in [0.05, 0.1) is 17.1 Å². The van der Waals surface area contributed by atoms with Crippen LogP contribution < -0.4 is 5.32 Å². The van der Waals surface area contributed by atoms with E-state index in [1.807, 2.05) is 0 Å². The molecule has 0 aliphatic rings. The molecule has 1 atom stereocenters. The minimum absolute atomic E-state index is 0.00809. The van der Waals surface area contributed by atoms with Crippen LogP contribution in [-0.2, 0) is 26.6 Å². The molecule has 0 aliphatic carbocycles. The molecule has 0 saturated heterocycles. The van der Waals surface area contributed by atoms with Gasteiger partial charge in [0.2, 0.25) is 0 Å². The van der Waals surface area contributed by atoms with Crippen molar-refractivity contribution in [1.82, 2.24) is 0 Å². The first-order chi connectivity index (χ1) is 12.4. The Bertz CT molecular complexity index is 892. The topological polar surface area (TPSA) is 83.5 Å². The molecule has 2 aromatic carbocycles. The van der Waals surface area contributed by atoms with Gasteiger partial charge in [-0.15, -0.1) is 0 Å². The summed E-state index contributed by atoms with van der Waals surface area (Å²) in [5, 5.41) is 12.5. The lowest BCUT2D eigenvalue weighted by molar-refractivity contribution is -0.137. The average molecular weight is 401 g/mol. The van der Waals surface area contributed by atoms with Gasteiger partial charge in [0.25, 0.3) is 5.91 Å². The van der Waals surface area contributed by atoms with Crippen molar-refractivity contribution < 1.29 is 31.5 Å². The number of nitrogens with one attached hydrogen (secondary N) is 1. The number of sulfone groups is 1. The molecule has 2 N–H and O–H groups in total. The quantitative estimate of drug-likeness (QED) is 0.780. The molecular weight excluding hydrogens is 383 g/mol. The molecule has 0 unspecified atom stereocenters. The zero-order valence-electron chi connectivity index (χ0n) is 14.3. The van der Waals surface area contributed by atoms with Gasteiger partial charge < -0.3 is 10.4 Å². The highest BCUT2D eigenvalue weighted by molar-refractivity contribution is 7.90. The van der Waals surface area contributed by atoms with Gasteiger partial charge in [-0.2, -0.15) is 13.2 Å². The fraction of sp³-hybridized carbons (Fsp3) is 0.278. The van der Waals surface area contributed by atoms with E-state index in [4.69, 9.17) is 0 Å². The van der Waals surface area contributed by atoms with Crippen molar-refractivity contribution in [1.29, 1.82) is 0 Å². The van der Waals surface area contributed by atoms with Crippen molar-refractivity contribution in [3.8, 4) is 0 Å². The number of aliphatic hydroxyl groups is 1.